The summed E-state index contributed by atoms with van der Waals surface area (Å²) in [5.41, 5.74) is 5.83. The van der Waals surface area contributed by atoms with Crippen LogP contribution in [0.1, 0.15) is 85.1 Å². The highest BCUT2D eigenvalue weighted by atomic mass is 16.5. The van der Waals surface area contributed by atoms with E-state index >= 15 is 0 Å². The molecule has 1 aromatic rings. The van der Waals surface area contributed by atoms with Gasteiger partial charge in [0.15, 0.2) is 0 Å². The molecule has 1 N–H and O–H groups in total. The number of allylic oxidation sites excluding steroid dienone is 4. The molecule has 3 rings (SSSR count). The van der Waals surface area contributed by atoms with E-state index in [2.05, 4.69) is 52.8 Å². The van der Waals surface area contributed by atoms with Crippen molar-refractivity contribution in [2.24, 2.45) is 5.41 Å². The second kappa shape index (κ2) is 8.19. The number of phenols is 1. The van der Waals surface area contributed by atoms with Crippen LogP contribution >= 0.6 is 0 Å². The van der Waals surface area contributed by atoms with Crippen LogP contribution in [-0.2, 0) is 0 Å². The zero-order valence-electron chi connectivity index (χ0n) is 18.3. The molecule has 1 aliphatic heterocycles. The fourth-order valence-electron chi connectivity index (χ4n) is 4.70. The monoisotopic (exact) mass is 380 g/mol. The van der Waals surface area contributed by atoms with Gasteiger partial charge in [0.1, 0.15) is 17.1 Å². The van der Waals surface area contributed by atoms with Gasteiger partial charge in [0.05, 0.1) is 0 Å². The van der Waals surface area contributed by atoms with E-state index in [9.17, 15) is 5.11 Å². The average Bonchev–Trinajstić information content (AvgIpc) is 2.61. The van der Waals surface area contributed by atoms with Gasteiger partial charge in [0.2, 0.25) is 0 Å². The van der Waals surface area contributed by atoms with Crippen molar-refractivity contribution in [3.63, 3.8) is 0 Å². The maximum absolute atomic E-state index is 9.61. The van der Waals surface area contributed by atoms with Gasteiger partial charge in [-0.3, -0.25) is 0 Å². The first-order chi connectivity index (χ1) is 13.2. The van der Waals surface area contributed by atoms with Gasteiger partial charge in [-0.25, -0.2) is 0 Å². The lowest BCUT2D eigenvalue weighted by Gasteiger charge is -2.35. The van der Waals surface area contributed by atoms with Crippen LogP contribution in [0.2, 0.25) is 0 Å². The summed E-state index contributed by atoms with van der Waals surface area (Å²) in [6.07, 6.45) is 14.8. The third-order valence-corrected chi connectivity index (χ3v) is 6.54. The van der Waals surface area contributed by atoms with Crippen LogP contribution in [0.4, 0.5) is 0 Å². The number of hydrogen-bond acceptors (Lipinski definition) is 2. The Morgan fingerprint density at radius 3 is 2.79 bits per heavy atom. The lowest BCUT2D eigenvalue weighted by Crippen LogP contribution is -2.31. The van der Waals surface area contributed by atoms with E-state index in [1.165, 1.54) is 31.3 Å². The van der Waals surface area contributed by atoms with Crippen LogP contribution in [0.5, 0.6) is 11.5 Å². The third kappa shape index (κ3) is 4.90. The normalized spacial score (nSPS) is 24.1. The second-order valence-corrected chi connectivity index (χ2v) is 9.56. The molecule has 2 heteroatoms. The summed E-state index contributed by atoms with van der Waals surface area (Å²) in [7, 11) is 0. The molecule has 2 aliphatic rings. The fourth-order valence-corrected chi connectivity index (χ4v) is 4.70. The molecule has 0 bridgehead atoms. The molecular weight excluding hydrogens is 344 g/mol. The first kappa shape index (κ1) is 20.8. The molecule has 0 spiro atoms. The van der Waals surface area contributed by atoms with Gasteiger partial charge >= 0.3 is 0 Å². The fraction of sp³-hybridized carbons (Fsp3) is 0.538. The maximum Gasteiger partial charge on any atom is 0.128 e. The van der Waals surface area contributed by atoms with Crippen LogP contribution < -0.4 is 4.74 Å². The highest BCUT2D eigenvalue weighted by molar-refractivity contribution is 5.62. The highest BCUT2D eigenvalue weighted by Crippen LogP contribution is 2.42. The van der Waals surface area contributed by atoms with E-state index in [1.807, 2.05) is 6.07 Å². The lowest BCUT2D eigenvalue weighted by atomic mass is 9.71. The summed E-state index contributed by atoms with van der Waals surface area (Å²) in [6.45, 7) is 11.6. The summed E-state index contributed by atoms with van der Waals surface area (Å²) in [6, 6.07) is 5.29. The molecule has 152 valence electrons. The van der Waals surface area contributed by atoms with Gasteiger partial charge in [-0.15, -0.1) is 0 Å². The Kier molecular flexibility index (Phi) is 6.07. The minimum atomic E-state index is -0.286. The molecule has 1 aliphatic carbocycles. The van der Waals surface area contributed by atoms with Crippen LogP contribution in [-0.4, -0.2) is 10.7 Å². The third-order valence-electron chi connectivity index (χ3n) is 6.54. The van der Waals surface area contributed by atoms with Crippen molar-refractivity contribution >= 4 is 6.08 Å². The van der Waals surface area contributed by atoms with E-state index < -0.39 is 0 Å². The van der Waals surface area contributed by atoms with Crippen molar-refractivity contribution in [3.8, 4) is 11.5 Å². The minimum Gasteiger partial charge on any atom is -0.508 e. The van der Waals surface area contributed by atoms with Crippen LogP contribution in [0, 0.1) is 5.41 Å². The van der Waals surface area contributed by atoms with Gasteiger partial charge in [0, 0.05) is 5.56 Å². The Hall–Kier alpha value is -1.96. The number of hydrogen-bond donors (Lipinski definition) is 1. The molecule has 0 saturated heterocycles. The smallest absolute Gasteiger partial charge is 0.128 e. The van der Waals surface area contributed by atoms with Gasteiger partial charge in [-0.2, -0.15) is 0 Å². The summed E-state index contributed by atoms with van der Waals surface area (Å²) in [5, 5.41) is 9.61. The van der Waals surface area contributed by atoms with E-state index in [0.29, 0.717) is 5.41 Å². The maximum atomic E-state index is 9.61. The van der Waals surface area contributed by atoms with Gasteiger partial charge in [0.25, 0.3) is 0 Å². The molecule has 0 radical (unpaired) electrons. The first-order valence-corrected chi connectivity index (χ1v) is 10.7. The van der Waals surface area contributed by atoms with Crippen LogP contribution in [0.15, 0.2) is 47.1 Å². The number of fused-ring (bicyclic) bond motifs is 1. The average molecular weight is 381 g/mol. The van der Waals surface area contributed by atoms with E-state index in [0.717, 1.165) is 30.6 Å². The van der Waals surface area contributed by atoms with Crippen molar-refractivity contribution in [3.05, 3.63) is 52.6 Å². The molecule has 1 heterocycles. The molecular formula is C26H36O2. The lowest BCUT2D eigenvalue weighted by molar-refractivity contribution is 0.128. The topological polar surface area (TPSA) is 29.5 Å². The number of benzene rings is 1. The molecule has 0 fully saturated rings. The Bertz CT molecular complexity index is 810. The van der Waals surface area contributed by atoms with E-state index in [4.69, 9.17) is 4.74 Å². The molecule has 2 nitrogen and oxygen atoms in total. The van der Waals surface area contributed by atoms with Gasteiger partial charge in [-0.05, 0) is 95.4 Å². The molecule has 1 aromatic carbocycles. The Morgan fingerprint density at radius 2 is 2.04 bits per heavy atom. The zero-order valence-corrected chi connectivity index (χ0v) is 18.3. The zero-order chi connectivity index (χ0) is 20.4. The number of rotatable bonds is 6. The van der Waals surface area contributed by atoms with Crippen LogP contribution in [0.25, 0.3) is 6.08 Å². The molecule has 28 heavy (non-hydrogen) atoms. The van der Waals surface area contributed by atoms with Crippen molar-refractivity contribution < 1.29 is 9.84 Å². The summed E-state index contributed by atoms with van der Waals surface area (Å²) in [5.74, 6) is 1.13. The number of ether oxygens (including phenoxy) is 1. The van der Waals surface area contributed by atoms with Crippen molar-refractivity contribution in [2.75, 3.05) is 0 Å². The first-order valence-electron chi connectivity index (χ1n) is 10.7. The second-order valence-electron chi connectivity index (χ2n) is 9.56. The predicted octanol–water partition coefficient (Wildman–Crippen LogP) is 7.59. The Morgan fingerprint density at radius 1 is 1.25 bits per heavy atom. The number of phenolic OH excluding ortho intramolecular Hbond substituents is 1. The van der Waals surface area contributed by atoms with Crippen molar-refractivity contribution in [1.82, 2.24) is 0 Å². The quantitative estimate of drug-likeness (QED) is 0.515. The van der Waals surface area contributed by atoms with Gasteiger partial charge < -0.3 is 9.84 Å². The SMILES string of the molecule is CC(=CCC[C@@]1(C)C=Cc2cc(O)ccc2O1)CCC1=C(C)CCCC1(C)C. The molecule has 1 atom stereocenters. The largest absolute Gasteiger partial charge is 0.508 e. The molecule has 0 saturated carbocycles. The van der Waals surface area contributed by atoms with E-state index in [1.54, 1.807) is 23.3 Å². The summed E-state index contributed by atoms with van der Waals surface area (Å²) in [4.78, 5) is 0. The standard InChI is InChI=1S/C26H36O2/c1-19(10-12-23-20(2)9-7-15-25(23,3)4)8-6-16-26(5)17-14-21-18-22(27)11-13-24(21)28-26/h8,11,13-14,17-18,27H,6-7,9-10,12,15-16H2,1-5H3/t26-/m0/s1. The molecule has 0 amide bonds. The summed E-state index contributed by atoms with van der Waals surface area (Å²) < 4.78 is 6.22. The summed E-state index contributed by atoms with van der Waals surface area (Å²) >= 11 is 0. The number of aromatic hydroxyl groups is 1. The molecule has 0 unspecified atom stereocenters. The van der Waals surface area contributed by atoms with E-state index in [-0.39, 0.29) is 11.4 Å². The Labute approximate surface area is 171 Å². The van der Waals surface area contributed by atoms with Crippen molar-refractivity contribution in [2.45, 2.75) is 85.2 Å². The highest BCUT2D eigenvalue weighted by Gasteiger charge is 2.28. The van der Waals surface area contributed by atoms with Crippen molar-refractivity contribution in [1.29, 1.82) is 0 Å². The van der Waals surface area contributed by atoms with Crippen LogP contribution in [0.3, 0.4) is 0 Å². The predicted molar refractivity (Wildman–Crippen MR) is 119 cm³/mol. The minimum absolute atomic E-state index is 0.278. The Balaban J connectivity index is 1.54. The molecule has 0 aromatic heterocycles. The van der Waals surface area contributed by atoms with Gasteiger partial charge in [-0.1, -0.05) is 42.7 Å².